The molecular formula is C31H37BN2O6. The maximum absolute atomic E-state index is 13.5. The van der Waals surface area contributed by atoms with Gasteiger partial charge in [0, 0.05) is 12.8 Å². The number of amides is 1. The van der Waals surface area contributed by atoms with Crippen molar-refractivity contribution in [3.63, 3.8) is 0 Å². The Morgan fingerprint density at radius 2 is 1.73 bits per heavy atom. The number of carbonyl (C=O) groups is 1. The minimum absolute atomic E-state index is 0.158. The molecule has 3 aromatic carbocycles. The lowest BCUT2D eigenvalue weighted by Crippen LogP contribution is -2.56. The molecule has 3 aromatic rings. The first kappa shape index (κ1) is 29.3. The lowest BCUT2D eigenvalue weighted by Gasteiger charge is -2.29. The number of oxime groups is 1. The summed E-state index contributed by atoms with van der Waals surface area (Å²) in [4.78, 5) is 19.4. The van der Waals surface area contributed by atoms with Gasteiger partial charge in [-0.15, -0.1) is 0 Å². The molecule has 9 heteroatoms. The van der Waals surface area contributed by atoms with Crippen molar-refractivity contribution in [1.29, 1.82) is 0 Å². The lowest BCUT2D eigenvalue weighted by atomic mass is 9.74. The zero-order chi connectivity index (χ0) is 28.5. The molecule has 0 saturated heterocycles. The highest BCUT2D eigenvalue weighted by Gasteiger charge is 2.48. The molecule has 4 rings (SSSR count). The van der Waals surface area contributed by atoms with Crippen molar-refractivity contribution in [3.05, 3.63) is 90.0 Å². The van der Waals surface area contributed by atoms with Crippen LogP contribution in [0.1, 0.15) is 37.8 Å². The van der Waals surface area contributed by atoms with E-state index in [9.17, 15) is 14.8 Å². The van der Waals surface area contributed by atoms with E-state index < -0.39 is 24.6 Å². The summed E-state index contributed by atoms with van der Waals surface area (Å²) in [6.45, 7) is 4.49. The third-order valence-corrected chi connectivity index (χ3v) is 6.87. The van der Waals surface area contributed by atoms with Crippen LogP contribution >= 0.6 is 0 Å². The quantitative estimate of drug-likeness (QED) is 0.279. The maximum Gasteiger partial charge on any atom is 0.475 e. The van der Waals surface area contributed by atoms with Gasteiger partial charge in [-0.1, -0.05) is 79.7 Å². The first-order valence-electron chi connectivity index (χ1n) is 13.5. The van der Waals surface area contributed by atoms with Crippen LogP contribution in [0.25, 0.3) is 11.1 Å². The van der Waals surface area contributed by atoms with Gasteiger partial charge in [-0.2, -0.15) is 0 Å². The highest BCUT2D eigenvalue weighted by Crippen LogP contribution is 2.30. The van der Waals surface area contributed by atoms with Crippen LogP contribution in [-0.4, -0.2) is 54.0 Å². The van der Waals surface area contributed by atoms with Gasteiger partial charge >= 0.3 is 7.12 Å². The van der Waals surface area contributed by atoms with Crippen LogP contribution < -0.4 is 10.1 Å². The zero-order valence-electron chi connectivity index (χ0n) is 23.2. The van der Waals surface area contributed by atoms with Gasteiger partial charge in [-0.3, -0.25) is 4.79 Å². The van der Waals surface area contributed by atoms with Crippen molar-refractivity contribution in [2.45, 2.75) is 51.3 Å². The Morgan fingerprint density at radius 3 is 2.40 bits per heavy atom. The average molecular weight is 544 g/mol. The average Bonchev–Trinajstić information content (AvgIpc) is 3.37. The number of hydrogen-bond acceptors (Lipinski definition) is 7. The summed E-state index contributed by atoms with van der Waals surface area (Å²) >= 11 is 0. The number of hydrogen-bond donors (Lipinski definition) is 3. The molecule has 1 aliphatic rings. The summed E-state index contributed by atoms with van der Waals surface area (Å²) in [6.07, 6.45) is 0.930. The van der Waals surface area contributed by atoms with E-state index >= 15 is 0 Å². The molecule has 0 saturated carbocycles. The van der Waals surface area contributed by atoms with Crippen LogP contribution in [0, 0.1) is 5.92 Å². The molecular weight excluding hydrogens is 507 g/mol. The van der Waals surface area contributed by atoms with Crippen LogP contribution in [-0.2, 0) is 27.4 Å². The van der Waals surface area contributed by atoms with Crippen LogP contribution in [0.15, 0.2) is 84.0 Å². The molecule has 2 unspecified atom stereocenters. The van der Waals surface area contributed by atoms with Crippen molar-refractivity contribution < 1.29 is 29.2 Å². The molecule has 0 bridgehead atoms. The molecule has 0 aromatic heterocycles. The summed E-state index contributed by atoms with van der Waals surface area (Å²) in [6, 6.07) is 25.6. The number of carbonyl (C=O) groups excluding carboxylic acids is 1. The van der Waals surface area contributed by atoms with Gasteiger partial charge in [-0.05, 0) is 52.8 Å². The molecule has 0 fully saturated rings. The summed E-state index contributed by atoms with van der Waals surface area (Å²) < 4.78 is 11.2. The molecule has 2 atom stereocenters. The molecule has 0 radical (unpaired) electrons. The van der Waals surface area contributed by atoms with E-state index in [0.717, 1.165) is 28.0 Å². The van der Waals surface area contributed by atoms with Crippen molar-refractivity contribution in [2.24, 2.45) is 11.1 Å². The van der Waals surface area contributed by atoms with Crippen LogP contribution in [0.5, 0.6) is 5.75 Å². The smallest absolute Gasteiger partial charge is 0.475 e. The molecule has 40 heavy (non-hydrogen) atoms. The van der Waals surface area contributed by atoms with Gasteiger partial charge in [0.1, 0.15) is 5.75 Å². The Bertz CT molecular complexity index is 1280. The molecule has 1 amide bonds. The third-order valence-electron chi connectivity index (χ3n) is 6.87. The lowest BCUT2D eigenvalue weighted by molar-refractivity contribution is -0.144. The normalized spacial score (nSPS) is 17.2. The van der Waals surface area contributed by atoms with Gasteiger partial charge in [-0.25, -0.2) is 0 Å². The van der Waals surface area contributed by atoms with E-state index in [1.807, 2.05) is 86.6 Å². The first-order chi connectivity index (χ1) is 19.3. The van der Waals surface area contributed by atoms with Crippen molar-refractivity contribution in [3.8, 4) is 16.9 Å². The molecule has 3 N–H and O–H groups in total. The molecule has 210 valence electrons. The number of nitrogens with one attached hydrogen (secondary N) is 1. The molecule has 1 aliphatic heterocycles. The number of nitrogens with zero attached hydrogens (tertiary/aromatic N) is 1. The first-order valence-corrected chi connectivity index (χ1v) is 13.5. The second-order valence-corrected chi connectivity index (χ2v) is 10.6. The van der Waals surface area contributed by atoms with Gasteiger partial charge < -0.3 is 29.7 Å². The van der Waals surface area contributed by atoms with Crippen molar-refractivity contribution >= 4 is 18.7 Å². The molecule has 8 nitrogen and oxygen atoms in total. The van der Waals surface area contributed by atoms with Crippen molar-refractivity contribution in [1.82, 2.24) is 5.32 Å². The molecule has 0 spiro atoms. The van der Waals surface area contributed by atoms with Crippen LogP contribution in [0.3, 0.4) is 0 Å². The molecule has 0 aliphatic carbocycles. The fraction of sp³-hybridized carbons (Fsp3) is 0.355. The van der Waals surface area contributed by atoms with E-state index in [1.165, 1.54) is 0 Å². The third kappa shape index (κ3) is 7.72. The fourth-order valence-electron chi connectivity index (χ4n) is 4.82. The number of benzene rings is 3. The van der Waals surface area contributed by atoms with Gasteiger partial charge in [0.05, 0.1) is 32.0 Å². The Hall–Kier alpha value is -3.66. The highest BCUT2D eigenvalue weighted by atomic mass is 16.7. The minimum atomic E-state index is -1.68. The SMILES string of the molecule is COc1ccc(-c2cccc(COCC3=NOC(Cc4ccccc4)(C(=O)NC(CC(C)C)B(O)O)C3)c2)cc1. The Morgan fingerprint density at radius 1 is 1.00 bits per heavy atom. The monoisotopic (exact) mass is 544 g/mol. The minimum Gasteiger partial charge on any atom is -0.497 e. The topological polar surface area (TPSA) is 110 Å². The predicted molar refractivity (Wildman–Crippen MR) is 156 cm³/mol. The summed E-state index contributed by atoms with van der Waals surface area (Å²) in [7, 11) is -0.0348. The van der Waals surface area contributed by atoms with E-state index in [0.29, 0.717) is 18.7 Å². The fourth-order valence-corrected chi connectivity index (χ4v) is 4.82. The second-order valence-electron chi connectivity index (χ2n) is 10.6. The largest absolute Gasteiger partial charge is 0.497 e. The second kappa shape index (κ2) is 13.6. The number of ether oxygens (including phenoxy) is 2. The van der Waals surface area contributed by atoms with Crippen LogP contribution in [0.2, 0.25) is 0 Å². The van der Waals surface area contributed by atoms with Gasteiger partial charge in [0.2, 0.25) is 5.60 Å². The van der Waals surface area contributed by atoms with Gasteiger partial charge in [0.15, 0.2) is 0 Å². The highest BCUT2D eigenvalue weighted by molar-refractivity contribution is 6.43. The number of methoxy groups -OCH3 is 1. The zero-order valence-corrected chi connectivity index (χ0v) is 23.2. The predicted octanol–water partition coefficient (Wildman–Crippen LogP) is 4.18. The standard InChI is InChI=1S/C31H37BN2O6/c1-22(2)16-29(32(36)37)33-30(35)31(18-23-8-5-4-6-9-23)19-27(34-40-31)21-39-20-24-10-7-11-26(17-24)25-12-14-28(38-3)15-13-25/h4-15,17,22,29,36-37H,16,18-21H2,1-3H3,(H,33,35). The summed E-state index contributed by atoms with van der Waals surface area (Å²) in [5, 5.41) is 26.8. The van der Waals surface area contributed by atoms with Crippen LogP contribution in [0.4, 0.5) is 0 Å². The Kier molecular flexibility index (Phi) is 9.98. The van der Waals surface area contributed by atoms with E-state index in [4.69, 9.17) is 14.3 Å². The Balaban J connectivity index is 1.40. The van der Waals surface area contributed by atoms with E-state index in [1.54, 1.807) is 7.11 Å². The maximum atomic E-state index is 13.5. The number of rotatable bonds is 13. The Labute approximate surface area is 236 Å². The summed E-state index contributed by atoms with van der Waals surface area (Å²) in [5.41, 5.74) is 3.38. The summed E-state index contributed by atoms with van der Waals surface area (Å²) in [5.74, 6) is -0.282. The molecule has 1 heterocycles. The van der Waals surface area contributed by atoms with Crippen molar-refractivity contribution in [2.75, 3.05) is 13.7 Å². The van der Waals surface area contributed by atoms with E-state index in [2.05, 4.69) is 16.5 Å². The van der Waals surface area contributed by atoms with Gasteiger partial charge in [0.25, 0.3) is 5.91 Å². The van der Waals surface area contributed by atoms with E-state index in [-0.39, 0.29) is 25.4 Å².